The number of ether oxygens (including phenoxy) is 1. The van der Waals surface area contributed by atoms with E-state index >= 15 is 0 Å². The molecule has 1 heterocycles. The minimum atomic E-state index is -3.91. The van der Waals surface area contributed by atoms with Crippen molar-refractivity contribution in [2.45, 2.75) is 4.90 Å². The third kappa shape index (κ3) is 4.38. The monoisotopic (exact) mass is 401 g/mol. The predicted molar refractivity (Wildman–Crippen MR) is 103 cm³/mol. The van der Waals surface area contributed by atoms with Crippen LogP contribution in [0.5, 0.6) is 5.75 Å². The zero-order valence-corrected chi connectivity index (χ0v) is 15.9. The first-order valence-electron chi connectivity index (χ1n) is 7.92. The van der Waals surface area contributed by atoms with Gasteiger partial charge in [-0.2, -0.15) is 0 Å². The summed E-state index contributed by atoms with van der Waals surface area (Å²) in [5, 5.41) is 3.25. The summed E-state index contributed by atoms with van der Waals surface area (Å²) in [6.45, 7) is 3.13. The number of benzene rings is 2. The summed E-state index contributed by atoms with van der Waals surface area (Å²) >= 11 is 0. The van der Waals surface area contributed by atoms with Crippen molar-refractivity contribution in [2.75, 3.05) is 42.9 Å². The molecule has 2 aromatic carbocycles. The summed E-state index contributed by atoms with van der Waals surface area (Å²) in [4.78, 5) is 2.13. The molecule has 0 unspecified atom stereocenters. The Morgan fingerprint density at radius 2 is 1.85 bits per heavy atom. The van der Waals surface area contributed by atoms with E-state index in [2.05, 4.69) is 14.9 Å². The number of nitrogens with zero attached hydrogens (tertiary/aromatic N) is 1. The highest BCUT2D eigenvalue weighted by Gasteiger charge is 2.21. The van der Waals surface area contributed by atoms with Crippen LogP contribution in [0.25, 0.3) is 0 Å². The Kier molecular flexibility index (Phi) is 6.69. The van der Waals surface area contributed by atoms with Gasteiger partial charge in [0.1, 0.15) is 11.6 Å². The number of hydrogen-bond donors (Lipinski definition) is 2. The average molecular weight is 402 g/mol. The lowest BCUT2D eigenvalue weighted by atomic mass is 10.2. The first-order valence-corrected chi connectivity index (χ1v) is 9.40. The number of rotatable bonds is 5. The molecule has 0 bridgehead atoms. The highest BCUT2D eigenvalue weighted by atomic mass is 35.5. The van der Waals surface area contributed by atoms with Crippen molar-refractivity contribution < 1.29 is 17.5 Å². The maximum atomic E-state index is 13.8. The number of hydrogen-bond acceptors (Lipinski definition) is 5. The second kappa shape index (κ2) is 8.57. The molecular weight excluding hydrogens is 381 g/mol. The Morgan fingerprint density at radius 3 is 2.50 bits per heavy atom. The SMILES string of the molecule is COc1ccc(S(=O)(=O)Nc2ccccc2F)cc1N1CCNCC1.Cl. The summed E-state index contributed by atoms with van der Waals surface area (Å²) in [5.74, 6) is -0.0198. The molecule has 0 aromatic heterocycles. The standard InChI is InChI=1S/C17H20FN3O3S.ClH/c1-24-17-7-6-13(12-16(17)21-10-8-19-9-11-21)25(22,23)20-15-5-3-2-4-14(15)18;/h2-7,12,19-20H,8-11H2,1H3;1H. The predicted octanol–water partition coefficient (Wildman–Crippen LogP) is 2.47. The number of para-hydroxylation sites is 1. The van der Waals surface area contributed by atoms with Gasteiger partial charge in [-0.1, -0.05) is 12.1 Å². The van der Waals surface area contributed by atoms with Gasteiger partial charge in [-0.3, -0.25) is 4.72 Å². The Bertz CT molecular complexity index is 858. The smallest absolute Gasteiger partial charge is 0.262 e. The number of nitrogens with one attached hydrogen (secondary N) is 2. The zero-order chi connectivity index (χ0) is 17.9. The molecule has 3 rings (SSSR count). The molecule has 6 nitrogen and oxygen atoms in total. The molecule has 0 radical (unpaired) electrons. The normalized spacial score (nSPS) is 14.5. The number of piperazine rings is 1. The van der Waals surface area contributed by atoms with E-state index in [-0.39, 0.29) is 23.0 Å². The molecule has 0 aliphatic carbocycles. The Hall–Kier alpha value is -2.03. The lowest BCUT2D eigenvalue weighted by molar-refractivity contribution is 0.412. The maximum absolute atomic E-state index is 13.8. The van der Waals surface area contributed by atoms with E-state index in [1.807, 2.05) is 0 Å². The molecule has 1 aliphatic heterocycles. The molecule has 0 spiro atoms. The third-order valence-corrected chi connectivity index (χ3v) is 5.40. The second-order valence-electron chi connectivity index (χ2n) is 5.66. The van der Waals surface area contributed by atoms with Gasteiger partial charge in [0.2, 0.25) is 0 Å². The lowest BCUT2D eigenvalue weighted by Crippen LogP contribution is -2.43. The molecule has 1 aliphatic rings. The lowest BCUT2D eigenvalue weighted by Gasteiger charge is -2.30. The minimum Gasteiger partial charge on any atom is -0.495 e. The van der Waals surface area contributed by atoms with Crippen LogP contribution in [0.2, 0.25) is 0 Å². The van der Waals surface area contributed by atoms with E-state index in [1.165, 1.54) is 24.3 Å². The topological polar surface area (TPSA) is 70.7 Å². The van der Waals surface area contributed by atoms with Crippen LogP contribution < -0.4 is 19.7 Å². The molecule has 1 saturated heterocycles. The van der Waals surface area contributed by atoms with E-state index in [0.29, 0.717) is 11.4 Å². The molecule has 2 N–H and O–H groups in total. The van der Waals surface area contributed by atoms with Crippen LogP contribution in [0.1, 0.15) is 0 Å². The van der Waals surface area contributed by atoms with Crippen molar-refractivity contribution >= 4 is 33.8 Å². The largest absolute Gasteiger partial charge is 0.495 e. The van der Waals surface area contributed by atoms with Crippen LogP contribution in [0.15, 0.2) is 47.4 Å². The van der Waals surface area contributed by atoms with Crippen LogP contribution in [0, 0.1) is 5.82 Å². The van der Waals surface area contributed by atoms with E-state index in [0.717, 1.165) is 26.2 Å². The van der Waals surface area contributed by atoms with E-state index in [9.17, 15) is 12.8 Å². The molecule has 2 aromatic rings. The van der Waals surface area contributed by atoms with Crippen LogP contribution in [0.3, 0.4) is 0 Å². The highest BCUT2D eigenvalue weighted by molar-refractivity contribution is 7.92. The highest BCUT2D eigenvalue weighted by Crippen LogP contribution is 2.32. The fraction of sp³-hybridized carbons (Fsp3) is 0.294. The summed E-state index contributed by atoms with van der Waals surface area (Å²) in [5.41, 5.74) is 0.627. The van der Waals surface area contributed by atoms with Gasteiger partial charge in [-0.15, -0.1) is 12.4 Å². The third-order valence-electron chi connectivity index (χ3n) is 4.04. The summed E-state index contributed by atoms with van der Waals surface area (Å²) in [7, 11) is -2.36. The van der Waals surface area contributed by atoms with Gasteiger partial charge in [-0.05, 0) is 30.3 Å². The quantitative estimate of drug-likeness (QED) is 0.805. The summed E-state index contributed by atoms with van der Waals surface area (Å²) in [6.07, 6.45) is 0. The first kappa shape index (κ1) is 20.3. The molecular formula is C17H21ClFN3O3S. The van der Waals surface area contributed by atoms with Gasteiger partial charge in [-0.25, -0.2) is 12.8 Å². The van der Waals surface area contributed by atoms with Gasteiger partial charge in [0.05, 0.1) is 23.4 Å². The van der Waals surface area contributed by atoms with Gasteiger partial charge < -0.3 is 15.0 Å². The zero-order valence-electron chi connectivity index (χ0n) is 14.2. The van der Waals surface area contributed by atoms with Crippen LogP contribution in [-0.4, -0.2) is 41.7 Å². The van der Waals surface area contributed by atoms with Crippen molar-refractivity contribution in [1.29, 1.82) is 0 Å². The van der Waals surface area contributed by atoms with Gasteiger partial charge in [0.25, 0.3) is 10.0 Å². The average Bonchev–Trinajstić information content (AvgIpc) is 2.63. The maximum Gasteiger partial charge on any atom is 0.262 e. The summed E-state index contributed by atoms with van der Waals surface area (Å²) in [6, 6.07) is 10.3. The fourth-order valence-corrected chi connectivity index (χ4v) is 3.82. The van der Waals surface area contributed by atoms with Crippen molar-refractivity contribution in [3.05, 3.63) is 48.3 Å². The van der Waals surface area contributed by atoms with E-state index in [4.69, 9.17) is 4.74 Å². The van der Waals surface area contributed by atoms with Gasteiger partial charge in [0, 0.05) is 26.2 Å². The Labute approximate surface area is 158 Å². The molecule has 9 heteroatoms. The number of sulfonamides is 1. The second-order valence-corrected chi connectivity index (χ2v) is 7.34. The molecule has 0 amide bonds. The number of halogens is 2. The van der Waals surface area contributed by atoms with Crippen LogP contribution in [0.4, 0.5) is 15.8 Å². The van der Waals surface area contributed by atoms with E-state index < -0.39 is 15.8 Å². The van der Waals surface area contributed by atoms with E-state index in [1.54, 1.807) is 25.3 Å². The molecule has 0 atom stereocenters. The molecule has 26 heavy (non-hydrogen) atoms. The number of methoxy groups -OCH3 is 1. The minimum absolute atomic E-state index is 0. The fourth-order valence-electron chi connectivity index (χ4n) is 2.74. The molecule has 142 valence electrons. The van der Waals surface area contributed by atoms with Crippen molar-refractivity contribution in [3.8, 4) is 5.75 Å². The number of anilines is 2. The molecule has 1 fully saturated rings. The molecule has 0 saturated carbocycles. The van der Waals surface area contributed by atoms with Crippen LogP contribution in [-0.2, 0) is 10.0 Å². The van der Waals surface area contributed by atoms with Crippen molar-refractivity contribution in [1.82, 2.24) is 5.32 Å². The Balaban J connectivity index is 0.00000243. The Morgan fingerprint density at radius 1 is 1.15 bits per heavy atom. The summed E-state index contributed by atoms with van der Waals surface area (Å²) < 4.78 is 46.7. The van der Waals surface area contributed by atoms with Gasteiger partial charge >= 0.3 is 0 Å². The van der Waals surface area contributed by atoms with Crippen LogP contribution >= 0.6 is 12.4 Å². The first-order chi connectivity index (χ1) is 12.0. The van der Waals surface area contributed by atoms with Gasteiger partial charge in [0.15, 0.2) is 0 Å². The van der Waals surface area contributed by atoms with Crippen molar-refractivity contribution in [3.63, 3.8) is 0 Å². The van der Waals surface area contributed by atoms with Crippen molar-refractivity contribution in [2.24, 2.45) is 0 Å².